The van der Waals surface area contributed by atoms with Crippen LogP contribution in [-0.4, -0.2) is 35.2 Å². The molecule has 0 aromatic heterocycles. The molecule has 2 heteroatoms. The van der Waals surface area contributed by atoms with Crippen molar-refractivity contribution in [3.63, 3.8) is 0 Å². The lowest BCUT2D eigenvalue weighted by molar-refractivity contribution is 0.0887. The number of aliphatic hydroxyl groups is 1. The van der Waals surface area contributed by atoms with Crippen molar-refractivity contribution in [1.29, 1.82) is 0 Å². The van der Waals surface area contributed by atoms with Gasteiger partial charge in [-0.25, -0.2) is 0 Å². The third-order valence-corrected chi connectivity index (χ3v) is 4.65. The van der Waals surface area contributed by atoms with Crippen LogP contribution in [0.3, 0.4) is 0 Å². The molecule has 0 radical (unpaired) electrons. The standard InChI is InChI=1S/C14H27NO/c1-11-6-7-12(2)15(10-11)9-8-13-4-3-5-14(13)16/h11-14,16H,3-10H2,1-2H3. The predicted octanol–water partition coefficient (Wildman–Crippen LogP) is 2.66. The van der Waals surface area contributed by atoms with Crippen LogP contribution in [-0.2, 0) is 0 Å². The van der Waals surface area contributed by atoms with Crippen LogP contribution in [0.4, 0.5) is 0 Å². The lowest BCUT2D eigenvalue weighted by atomic mass is 9.93. The number of rotatable bonds is 3. The van der Waals surface area contributed by atoms with Crippen LogP contribution in [0.5, 0.6) is 0 Å². The van der Waals surface area contributed by atoms with Crippen LogP contribution >= 0.6 is 0 Å². The zero-order valence-corrected chi connectivity index (χ0v) is 10.9. The van der Waals surface area contributed by atoms with Gasteiger partial charge in [0.05, 0.1) is 6.10 Å². The minimum absolute atomic E-state index is 0.00230. The van der Waals surface area contributed by atoms with Gasteiger partial charge in [-0.2, -0.15) is 0 Å². The van der Waals surface area contributed by atoms with Crippen molar-refractivity contribution in [1.82, 2.24) is 4.90 Å². The van der Waals surface area contributed by atoms with E-state index in [1.54, 1.807) is 0 Å². The highest BCUT2D eigenvalue weighted by Gasteiger charge is 2.27. The quantitative estimate of drug-likeness (QED) is 0.798. The predicted molar refractivity (Wildman–Crippen MR) is 67.4 cm³/mol. The fraction of sp³-hybridized carbons (Fsp3) is 1.00. The highest BCUT2D eigenvalue weighted by Crippen LogP contribution is 2.29. The van der Waals surface area contributed by atoms with Gasteiger partial charge in [0, 0.05) is 12.6 Å². The molecule has 1 aliphatic heterocycles. The molecule has 1 saturated carbocycles. The van der Waals surface area contributed by atoms with Crippen molar-refractivity contribution in [2.45, 2.75) is 64.5 Å². The van der Waals surface area contributed by atoms with Gasteiger partial charge < -0.3 is 10.0 Å². The summed E-state index contributed by atoms with van der Waals surface area (Å²) in [6.45, 7) is 7.19. The fourth-order valence-corrected chi connectivity index (χ4v) is 3.38. The summed E-state index contributed by atoms with van der Waals surface area (Å²) in [5.74, 6) is 1.45. The number of piperidine rings is 1. The maximum absolute atomic E-state index is 9.82. The minimum Gasteiger partial charge on any atom is -0.393 e. The van der Waals surface area contributed by atoms with Crippen molar-refractivity contribution in [3.05, 3.63) is 0 Å². The first-order valence-corrected chi connectivity index (χ1v) is 7.09. The van der Waals surface area contributed by atoms with E-state index >= 15 is 0 Å². The van der Waals surface area contributed by atoms with Crippen molar-refractivity contribution >= 4 is 0 Å². The number of aliphatic hydroxyl groups excluding tert-OH is 1. The molecule has 1 heterocycles. The molecule has 2 fully saturated rings. The molecule has 0 aromatic rings. The molecule has 1 N–H and O–H groups in total. The number of likely N-dealkylation sites (tertiary alicyclic amines) is 1. The molecule has 0 amide bonds. The SMILES string of the molecule is CC1CCC(C)N(CCC2CCCC2O)C1. The molecular formula is C14H27NO. The van der Waals surface area contributed by atoms with Crippen LogP contribution in [0.1, 0.15) is 52.4 Å². The molecule has 0 aromatic carbocycles. The second-order valence-electron chi connectivity index (χ2n) is 6.07. The van der Waals surface area contributed by atoms with E-state index in [1.807, 2.05) is 0 Å². The first kappa shape index (κ1) is 12.4. The smallest absolute Gasteiger partial charge is 0.0568 e. The van der Waals surface area contributed by atoms with Gasteiger partial charge in [-0.15, -0.1) is 0 Å². The maximum Gasteiger partial charge on any atom is 0.0568 e. The Morgan fingerprint density at radius 1 is 1.12 bits per heavy atom. The molecule has 0 spiro atoms. The Bertz CT molecular complexity index is 219. The van der Waals surface area contributed by atoms with Crippen LogP contribution < -0.4 is 0 Å². The van der Waals surface area contributed by atoms with Crippen LogP contribution in [0.15, 0.2) is 0 Å². The van der Waals surface area contributed by atoms with Gasteiger partial charge >= 0.3 is 0 Å². The Morgan fingerprint density at radius 3 is 2.62 bits per heavy atom. The molecule has 1 aliphatic carbocycles. The van der Waals surface area contributed by atoms with Crippen molar-refractivity contribution in [2.75, 3.05) is 13.1 Å². The summed E-state index contributed by atoms with van der Waals surface area (Å²) < 4.78 is 0. The van der Waals surface area contributed by atoms with Gasteiger partial charge in [0.15, 0.2) is 0 Å². The van der Waals surface area contributed by atoms with E-state index in [0.29, 0.717) is 5.92 Å². The zero-order chi connectivity index (χ0) is 11.5. The first-order chi connectivity index (χ1) is 7.66. The van der Waals surface area contributed by atoms with E-state index in [9.17, 15) is 5.11 Å². The Balaban J connectivity index is 1.75. The Hall–Kier alpha value is -0.0800. The maximum atomic E-state index is 9.82. The van der Waals surface area contributed by atoms with E-state index in [2.05, 4.69) is 18.7 Å². The van der Waals surface area contributed by atoms with E-state index in [1.165, 1.54) is 45.2 Å². The fourth-order valence-electron chi connectivity index (χ4n) is 3.38. The van der Waals surface area contributed by atoms with Gasteiger partial charge in [-0.05, 0) is 57.4 Å². The monoisotopic (exact) mass is 225 g/mol. The van der Waals surface area contributed by atoms with Gasteiger partial charge in [0.2, 0.25) is 0 Å². The molecule has 2 nitrogen and oxygen atoms in total. The molecular weight excluding hydrogens is 198 g/mol. The van der Waals surface area contributed by atoms with Gasteiger partial charge in [-0.1, -0.05) is 13.3 Å². The molecule has 1 saturated heterocycles. The summed E-state index contributed by atoms with van der Waals surface area (Å²) in [6, 6.07) is 0.759. The summed E-state index contributed by atoms with van der Waals surface area (Å²) in [7, 11) is 0. The number of hydrogen-bond donors (Lipinski definition) is 1. The van der Waals surface area contributed by atoms with E-state index in [-0.39, 0.29) is 6.10 Å². The second kappa shape index (κ2) is 5.50. The van der Waals surface area contributed by atoms with Crippen LogP contribution in [0.2, 0.25) is 0 Å². The summed E-state index contributed by atoms with van der Waals surface area (Å²) in [4.78, 5) is 2.64. The average Bonchev–Trinajstić information content (AvgIpc) is 2.66. The molecule has 16 heavy (non-hydrogen) atoms. The summed E-state index contributed by atoms with van der Waals surface area (Å²) >= 11 is 0. The lowest BCUT2D eigenvalue weighted by Crippen LogP contribution is -2.42. The first-order valence-electron chi connectivity index (χ1n) is 7.09. The summed E-state index contributed by atoms with van der Waals surface area (Å²) in [5.41, 5.74) is 0. The third kappa shape index (κ3) is 2.98. The topological polar surface area (TPSA) is 23.5 Å². The highest BCUT2D eigenvalue weighted by atomic mass is 16.3. The molecule has 94 valence electrons. The molecule has 4 atom stereocenters. The second-order valence-corrected chi connectivity index (χ2v) is 6.07. The average molecular weight is 225 g/mol. The van der Waals surface area contributed by atoms with Crippen LogP contribution in [0.25, 0.3) is 0 Å². The zero-order valence-electron chi connectivity index (χ0n) is 10.9. The third-order valence-electron chi connectivity index (χ3n) is 4.65. The number of hydrogen-bond acceptors (Lipinski definition) is 2. The van der Waals surface area contributed by atoms with Gasteiger partial charge in [0.1, 0.15) is 0 Å². The van der Waals surface area contributed by atoms with Crippen LogP contribution in [0, 0.1) is 11.8 Å². The Morgan fingerprint density at radius 2 is 1.94 bits per heavy atom. The summed E-state index contributed by atoms with van der Waals surface area (Å²) in [5, 5.41) is 9.82. The van der Waals surface area contributed by atoms with Gasteiger partial charge in [0.25, 0.3) is 0 Å². The van der Waals surface area contributed by atoms with E-state index in [0.717, 1.165) is 18.4 Å². The van der Waals surface area contributed by atoms with Gasteiger partial charge in [-0.3, -0.25) is 0 Å². The molecule has 2 rings (SSSR count). The Kier molecular flexibility index (Phi) is 4.26. The minimum atomic E-state index is -0.00230. The van der Waals surface area contributed by atoms with Crippen molar-refractivity contribution in [2.24, 2.45) is 11.8 Å². The molecule has 0 bridgehead atoms. The molecule has 4 unspecified atom stereocenters. The molecule has 2 aliphatic rings. The highest BCUT2D eigenvalue weighted by molar-refractivity contribution is 4.81. The summed E-state index contributed by atoms with van der Waals surface area (Å²) in [6.07, 6.45) is 7.47. The largest absolute Gasteiger partial charge is 0.393 e. The normalized spacial score (nSPS) is 41.4. The van der Waals surface area contributed by atoms with E-state index in [4.69, 9.17) is 0 Å². The van der Waals surface area contributed by atoms with E-state index < -0.39 is 0 Å². The number of nitrogens with zero attached hydrogens (tertiary/aromatic N) is 1. The Labute approximate surface area is 100 Å². The lowest BCUT2D eigenvalue weighted by Gasteiger charge is -2.37. The van der Waals surface area contributed by atoms with Crippen molar-refractivity contribution in [3.8, 4) is 0 Å². The van der Waals surface area contributed by atoms with Crippen molar-refractivity contribution < 1.29 is 5.11 Å².